The van der Waals surface area contributed by atoms with Crippen LogP contribution >= 0.6 is 0 Å². The van der Waals surface area contributed by atoms with Crippen LogP contribution in [-0.2, 0) is 17.9 Å². The highest BCUT2D eigenvalue weighted by Gasteiger charge is 2.20. The third-order valence-electron chi connectivity index (χ3n) is 4.52. The van der Waals surface area contributed by atoms with Crippen LogP contribution in [0.3, 0.4) is 0 Å². The molecule has 132 valence electrons. The first-order chi connectivity index (χ1) is 12.7. The van der Waals surface area contributed by atoms with E-state index in [0.29, 0.717) is 28.4 Å². The topological polar surface area (TPSA) is 49.0 Å². The molecule has 4 aromatic rings. The minimum atomic E-state index is -0.344. The summed E-state index contributed by atoms with van der Waals surface area (Å²) in [7, 11) is 1.57. The van der Waals surface area contributed by atoms with E-state index >= 15 is 0 Å². The number of fused-ring (bicyclic) bond motifs is 3. The Balaban J connectivity index is 2.21. The van der Waals surface area contributed by atoms with Crippen LogP contribution in [0.15, 0.2) is 53.3 Å². The minimum absolute atomic E-state index is 0.197. The third kappa shape index (κ3) is 2.42. The summed E-state index contributed by atoms with van der Waals surface area (Å²) in [6.07, 6.45) is 0.617. The quantitative estimate of drug-likeness (QED) is 0.564. The zero-order valence-corrected chi connectivity index (χ0v) is 14.6. The van der Waals surface area contributed by atoms with Crippen LogP contribution in [0.2, 0.25) is 0 Å². The second-order valence-electron chi connectivity index (χ2n) is 6.08. The molecular weight excluding hydrogens is 333 g/mol. The maximum Gasteiger partial charge on any atom is 0.296 e. The van der Waals surface area contributed by atoms with Crippen molar-refractivity contribution in [3.8, 4) is 5.69 Å². The molecular formula is C20H18FN3O2. The summed E-state index contributed by atoms with van der Waals surface area (Å²) < 4.78 is 22.4. The number of benzene rings is 2. The van der Waals surface area contributed by atoms with Gasteiger partial charge >= 0.3 is 0 Å². The Labute approximate surface area is 149 Å². The van der Waals surface area contributed by atoms with Gasteiger partial charge in [0, 0.05) is 17.9 Å². The molecule has 0 amide bonds. The fourth-order valence-corrected chi connectivity index (χ4v) is 3.41. The molecule has 0 aliphatic rings. The number of hydrogen-bond donors (Lipinski definition) is 0. The van der Waals surface area contributed by atoms with Gasteiger partial charge in [-0.1, -0.05) is 25.1 Å². The van der Waals surface area contributed by atoms with E-state index < -0.39 is 0 Å². The predicted molar refractivity (Wildman–Crippen MR) is 99.2 cm³/mol. The van der Waals surface area contributed by atoms with E-state index in [1.165, 1.54) is 16.8 Å². The summed E-state index contributed by atoms with van der Waals surface area (Å²) in [6, 6.07) is 13.8. The van der Waals surface area contributed by atoms with Gasteiger partial charge in [-0.05, 0) is 36.8 Å². The van der Waals surface area contributed by atoms with E-state index in [0.717, 1.165) is 11.2 Å². The number of ether oxygens (including phenoxy) is 1. The Morgan fingerprint density at radius 2 is 1.92 bits per heavy atom. The highest BCUT2D eigenvalue weighted by Crippen LogP contribution is 2.30. The summed E-state index contributed by atoms with van der Waals surface area (Å²) in [5.74, 6) is -0.344. The third-order valence-corrected chi connectivity index (χ3v) is 4.52. The van der Waals surface area contributed by atoms with E-state index in [2.05, 4.69) is 5.10 Å². The van der Waals surface area contributed by atoms with Crippen LogP contribution in [0.4, 0.5) is 4.39 Å². The zero-order chi connectivity index (χ0) is 18.3. The fourth-order valence-electron chi connectivity index (χ4n) is 3.41. The van der Waals surface area contributed by atoms with Gasteiger partial charge in [-0.2, -0.15) is 9.78 Å². The second kappa shape index (κ2) is 6.38. The van der Waals surface area contributed by atoms with Gasteiger partial charge in [0.15, 0.2) is 0 Å². The molecule has 0 saturated heterocycles. The van der Waals surface area contributed by atoms with Gasteiger partial charge in [-0.25, -0.2) is 4.39 Å². The number of aryl methyl sites for hydroxylation is 1. The number of para-hydroxylation sites is 1. The van der Waals surface area contributed by atoms with Crippen molar-refractivity contribution in [3.05, 3.63) is 70.4 Å². The molecule has 0 N–H and O–H groups in total. The summed E-state index contributed by atoms with van der Waals surface area (Å²) >= 11 is 0. The SMILES string of the molecule is CCc1nn(-c2ccccc2)c(=O)c2c1c1cc(F)ccc1n2COC. The van der Waals surface area contributed by atoms with Crippen LogP contribution in [0.5, 0.6) is 0 Å². The molecule has 0 radical (unpaired) electrons. The van der Waals surface area contributed by atoms with Crippen LogP contribution < -0.4 is 5.56 Å². The van der Waals surface area contributed by atoms with Crippen LogP contribution in [0.25, 0.3) is 27.5 Å². The Hall–Kier alpha value is -2.99. The first-order valence-corrected chi connectivity index (χ1v) is 8.43. The van der Waals surface area contributed by atoms with E-state index in [1.807, 2.05) is 37.3 Å². The molecule has 2 heterocycles. The molecule has 6 heteroatoms. The standard InChI is InChI=1S/C20H18FN3O2/c1-3-16-18-15-11-13(21)9-10-17(15)23(12-26-2)19(18)20(25)24(22-16)14-7-5-4-6-8-14/h4-11H,3,12H2,1-2H3. The van der Waals surface area contributed by atoms with E-state index in [4.69, 9.17) is 4.74 Å². The summed E-state index contributed by atoms with van der Waals surface area (Å²) in [4.78, 5) is 13.3. The van der Waals surface area contributed by atoms with Gasteiger partial charge in [0.2, 0.25) is 0 Å². The lowest BCUT2D eigenvalue weighted by Gasteiger charge is -2.10. The Kier molecular flexibility index (Phi) is 4.05. The van der Waals surface area contributed by atoms with Crippen molar-refractivity contribution < 1.29 is 9.13 Å². The first-order valence-electron chi connectivity index (χ1n) is 8.43. The predicted octanol–water partition coefficient (Wildman–Crippen LogP) is 3.65. The summed E-state index contributed by atoms with van der Waals surface area (Å²) in [5, 5.41) is 5.94. The smallest absolute Gasteiger partial charge is 0.296 e. The Morgan fingerprint density at radius 3 is 2.62 bits per heavy atom. The number of nitrogens with zero attached hydrogens (tertiary/aromatic N) is 3. The van der Waals surface area contributed by atoms with Crippen molar-refractivity contribution in [2.75, 3.05) is 7.11 Å². The zero-order valence-electron chi connectivity index (χ0n) is 14.6. The number of hydrogen-bond acceptors (Lipinski definition) is 3. The fraction of sp³-hybridized carbons (Fsp3) is 0.200. The highest BCUT2D eigenvalue weighted by molar-refractivity contribution is 6.09. The monoisotopic (exact) mass is 351 g/mol. The van der Waals surface area contributed by atoms with Gasteiger partial charge in [0.05, 0.1) is 16.9 Å². The average molecular weight is 351 g/mol. The van der Waals surface area contributed by atoms with Crippen LogP contribution in [0.1, 0.15) is 12.6 Å². The van der Waals surface area contributed by atoms with Crippen molar-refractivity contribution >= 4 is 21.8 Å². The van der Waals surface area contributed by atoms with E-state index in [9.17, 15) is 9.18 Å². The lowest BCUT2D eigenvalue weighted by Crippen LogP contribution is -2.24. The molecule has 2 aromatic carbocycles. The van der Waals surface area contributed by atoms with Crippen LogP contribution in [0, 0.1) is 5.82 Å². The number of halogens is 1. The molecule has 4 rings (SSSR count). The van der Waals surface area contributed by atoms with Crippen molar-refractivity contribution in [1.82, 2.24) is 14.3 Å². The second-order valence-corrected chi connectivity index (χ2v) is 6.08. The molecule has 0 saturated carbocycles. The molecule has 26 heavy (non-hydrogen) atoms. The van der Waals surface area contributed by atoms with Crippen molar-refractivity contribution in [2.45, 2.75) is 20.1 Å². The molecule has 0 fully saturated rings. The molecule has 0 unspecified atom stereocenters. The first kappa shape index (κ1) is 16.5. The lowest BCUT2D eigenvalue weighted by molar-refractivity contribution is 0.138. The Morgan fingerprint density at radius 1 is 1.15 bits per heavy atom. The van der Waals surface area contributed by atoms with Crippen LogP contribution in [-0.4, -0.2) is 21.5 Å². The molecule has 0 spiro atoms. The molecule has 0 aliphatic carbocycles. The maximum absolute atomic E-state index is 13.9. The minimum Gasteiger partial charge on any atom is -0.364 e. The van der Waals surface area contributed by atoms with Gasteiger partial charge in [-0.15, -0.1) is 0 Å². The maximum atomic E-state index is 13.9. The van der Waals surface area contributed by atoms with Crippen molar-refractivity contribution in [3.63, 3.8) is 0 Å². The van der Waals surface area contributed by atoms with Crippen molar-refractivity contribution in [2.24, 2.45) is 0 Å². The lowest BCUT2D eigenvalue weighted by atomic mass is 10.1. The largest absolute Gasteiger partial charge is 0.364 e. The molecule has 5 nitrogen and oxygen atoms in total. The highest BCUT2D eigenvalue weighted by atomic mass is 19.1. The molecule has 0 atom stereocenters. The number of rotatable bonds is 4. The van der Waals surface area contributed by atoms with Gasteiger partial charge in [0.25, 0.3) is 5.56 Å². The summed E-state index contributed by atoms with van der Waals surface area (Å²) in [6.45, 7) is 2.17. The normalized spacial score (nSPS) is 11.5. The van der Waals surface area contributed by atoms with E-state index in [1.54, 1.807) is 17.7 Å². The average Bonchev–Trinajstić information content (AvgIpc) is 2.98. The number of methoxy groups -OCH3 is 1. The van der Waals surface area contributed by atoms with Gasteiger partial charge in [0.1, 0.15) is 18.1 Å². The van der Waals surface area contributed by atoms with Crippen molar-refractivity contribution in [1.29, 1.82) is 0 Å². The molecule has 0 bridgehead atoms. The Bertz CT molecular complexity index is 1160. The van der Waals surface area contributed by atoms with Gasteiger partial charge < -0.3 is 9.30 Å². The summed E-state index contributed by atoms with van der Waals surface area (Å²) in [5.41, 5.74) is 2.41. The van der Waals surface area contributed by atoms with Gasteiger partial charge in [-0.3, -0.25) is 4.79 Å². The number of aromatic nitrogens is 3. The van der Waals surface area contributed by atoms with E-state index in [-0.39, 0.29) is 18.1 Å². The molecule has 2 aromatic heterocycles. The molecule has 0 aliphatic heterocycles.